The first-order valence-electron chi connectivity index (χ1n) is 13.7. The van der Waals surface area contributed by atoms with Gasteiger partial charge in [-0.05, 0) is 42.0 Å². The Kier molecular flexibility index (Phi) is 9.91. The van der Waals surface area contributed by atoms with Gasteiger partial charge in [0.15, 0.2) is 24.6 Å². The summed E-state index contributed by atoms with van der Waals surface area (Å²) in [5, 5.41) is 11.1. The van der Waals surface area contributed by atoms with Crippen LogP contribution in [-0.4, -0.2) is 60.3 Å². The van der Waals surface area contributed by atoms with Crippen molar-refractivity contribution < 1.29 is 43.2 Å². The topological polar surface area (TPSA) is 118 Å². The van der Waals surface area contributed by atoms with Crippen LogP contribution in [0.1, 0.15) is 36.6 Å². The number of carbonyl (C=O) groups excluding carboxylic acids is 3. The van der Waals surface area contributed by atoms with Gasteiger partial charge in [-0.15, -0.1) is 0 Å². The highest BCUT2D eigenvalue weighted by atomic mass is 16.7. The minimum atomic E-state index is -1.74. The maximum atomic E-state index is 13.3. The van der Waals surface area contributed by atoms with Crippen molar-refractivity contribution >= 4 is 17.9 Å². The van der Waals surface area contributed by atoms with E-state index in [0.717, 1.165) is 5.56 Å². The summed E-state index contributed by atoms with van der Waals surface area (Å²) in [4.78, 5) is 39.6. The van der Waals surface area contributed by atoms with Crippen molar-refractivity contribution in [2.45, 2.75) is 37.3 Å². The zero-order valence-electron chi connectivity index (χ0n) is 23.1. The van der Waals surface area contributed by atoms with Crippen molar-refractivity contribution in [1.82, 2.24) is 0 Å². The lowest BCUT2D eigenvalue weighted by atomic mass is 9.97. The van der Waals surface area contributed by atoms with E-state index in [1.54, 1.807) is 78.9 Å². The number of benzene rings is 4. The SMILES string of the molecule is O=C(O[C@H]1[C@H](OC(=O)c2ccccc2)[C@@H](OC(=O)c2ccccc2)C(O)O[C@@H]1COCc1ccccc1)c1ccccc1. The predicted molar refractivity (Wildman–Crippen MR) is 154 cm³/mol. The molecule has 1 unspecified atom stereocenters. The van der Waals surface area contributed by atoms with Crippen LogP contribution >= 0.6 is 0 Å². The van der Waals surface area contributed by atoms with Crippen LogP contribution in [0.4, 0.5) is 0 Å². The summed E-state index contributed by atoms with van der Waals surface area (Å²) in [6.07, 6.45) is -7.15. The molecule has 0 saturated carbocycles. The van der Waals surface area contributed by atoms with Crippen molar-refractivity contribution in [3.05, 3.63) is 144 Å². The van der Waals surface area contributed by atoms with Gasteiger partial charge < -0.3 is 28.8 Å². The third kappa shape index (κ3) is 7.72. The first kappa shape index (κ1) is 29.7. The molecule has 4 aromatic rings. The third-order valence-corrected chi connectivity index (χ3v) is 6.76. The van der Waals surface area contributed by atoms with Crippen LogP contribution in [0, 0.1) is 0 Å². The number of aliphatic hydroxyl groups is 1. The van der Waals surface area contributed by atoms with Gasteiger partial charge in [0, 0.05) is 0 Å². The molecule has 0 aliphatic carbocycles. The van der Waals surface area contributed by atoms with Gasteiger partial charge in [-0.25, -0.2) is 14.4 Å². The van der Waals surface area contributed by atoms with Crippen molar-refractivity contribution in [2.75, 3.05) is 6.61 Å². The van der Waals surface area contributed by atoms with Crippen LogP contribution in [0.5, 0.6) is 0 Å². The average molecular weight is 583 g/mol. The van der Waals surface area contributed by atoms with Crippen molar-refractivity contribution in [3.8, 4) is 0 Å². The van der Waals surface area contributed by atoms with Gasteiger partial charge in [0.1, 0.15) is 6.10 Å². The molecule has 4 aromatic carbocycles. The van der Waals surface area contributed by atoms with Crippen molar-refractivity contribution in [3.63, 3.8) is 0 Å². The summed E-state index contributed by atoms with van der Waals surface area (Å²) in [7, 11) is 0. The first-order valence-corrected chi connectivity index (χ1v) is 13.7. The number of rotatable bonds is 10. The van der Waals surface area contributed by atoms with E-state index in [9.17, 15) is 19.5 Å². The Morgan fingerprint density at radius 2 is 0.953 bits per heavy atom. The highest BCUT2D eigenvalue weighted by molar-refractivity contribution is 5.91. The molecule has 9 heteroatoms. The van der Waals surface area contributed by atoms with E-state index in [2.05, 4.69) is 0 Å². The zero-order chi connectivity index (χ0) is 30.0. The number of hydrogen-bond acceptors (Lipinski definition) is 9. The second-order valence-electron chi connectivity index (χ2n) is 9.77. The van der Waals surface area contributed by atoms with Crippen LogP contribution in [0.2, 0.25) is 0 Å². The molecular formula is C34H30O9. The smallest absolute Gasteiger partial charge is 0.338 e. The lowest BCUT2D eigenvalue weighted by Crippen LogP contribution is -2.62. The standard InChI is InChI=1S/C34H30O9/c35-31(24-15-7-2-8-16-24)41-28-27(22-39-21-23-13-5-1-6-14-23)40-34(38)30(43-33(37)26-19-11-4-12-20-26)29(28)42-32(36)25-17-9-3-10-18-25/h1-20,27-30,34,38H,21-22H2/t27-,28-,29+,30-,34?/m1/s1. The molecule has 5 rings (SSSR count). The second kappa shape index (κ2) is 14.4. The van der Waals surface area contributed by atoms with Crippen LogP contribution < -0.4 is 0 Å². The Balaban J connectivity index is 1.45. The normalized spacial score (nSPS) is 21.4. The minimum Gasteiger partial charge on any atom is -0.452 e. The van der Waals surface area contributed by atoms with Gasteiger partial charge in [-0.1, -0.05) is 84.9 Å². The maximum Gasteiger partial charge on any atom is 0.338 e. The van der Waals surface area contributed by atoms with Gasteiger partial charge in [-0.2, -0.15) is 0 Å². The predicted octanol–water partition coefficient (Wildman–Crippen LogP) is 4.60. The molecule has 1 aliphatic rings. The molecular weight excluding hydrogens is 552 g/mol. The van der Waals surface area contributed by atoms with Gasteiger partial charge in [0.2, 0.25) is 0 Å². The van der Waals surface area contributed by atoms with E-state index in [1.807, 2.05) is 30.3 Å². The Bertz CT molecular complexity index is 1480. The molecule has 0 amide bonds. The van der Waals surface area contributed by atoms with Crippen molar-refractivity contribution in [1.29, 1.82) is 0 Å². The minimum absolute atomic E-state index is 0.141. The highest BCUT2D eigenvalue weighted by Gasteiger charge is 2.52. The van der Waals surface area contributed by atoms with E-state index in [1.165, 1.54) is 12.1 Å². The fourth-order valence-corrected chi connectivity index (χ4v) is 4.60. The molecule has 9 nitrogen and oxygen atoms in total. The Morgan fingerprint density at radius 1 is 0.558 bits per heavy atom. The molecule has 0 aromatic heterocycles. The van der Waals surface area contributed by atoms with E-state index in [4.69, 9.17) is 23.7 Å². The second-order valence-corrected chi connectivity index (χ2v) is 9.77. The quantitative estimate of drug-likeness (QED) is 0.212. The van der Waals surface area contributed by atoms with Gasteiger partial charge >= 0.3 is 17.9 Å². The number of aliphatic hydroxyl groups excluding tert-OH is 1. The van der Waals surface area contributed by atoms with E-state index in [0.29, 0.717) is 0 Å². The Hall–Kier alpha value is -4.83. The summed E-state index contributed by atoms with van der Waals surface area (Å²) in [6.45, 7) is 0.0640. The van der Waals surface area contributed by atoms with Gasteiger partial charge in [0.05, 0.1) is 29.9 Å². The number of ether oxygens (including phenoxy) is 5. The molecule has 1 aliphatic heterocycles. The molecule has 5 atom stereocenters. The summed E-state index contributed by atoms with van der Waals surface area (Å²) in [5.74, 6) is -2.29. The Labute approximate surface area is 248 Å². The van der Waals surface area contributed by atoms with Gasteiger partial charge in [-0.3, -0.25) is 0 Å². The van der Waals surface area contributed by atoms with Crippen LogP contribution in [0.25, 0.3) is 0 Å². The number of esters is 3. The molecule has 43 heavy (non-hydrogen) atoms. The van der Waals surface area contributed by atoms with Crippen molar-refractivity contribution in [2.24, 2.45) is 0 Å². The first-order chi connectivity index (χ1) is 21.0. The van der Waals surface area contributed by atoms with E-state index >= 15 is 0 Å². The lowest BCUT2D eigenvalue weighted by Gasteiger charge is -2.43. The summed E-state index contributed by atoms with van der Waals surface area (Å²) in [6, 6.07) is 33.9. The van der Waals surface area contributed by atoms with Gasteiger partial charge in [0.25, 0.3) is 0 Å². The van der Waals surface area contributed by atoms with Crippen LogP contribution in [-0.2, 0) is 30.3 Å². The van der Waals surface area contributed by atoms with Crippen LogP contribution in [0.15, 0.2) is 121 Å². The third-order valence-electron chi connectivity index (χ3n) is 6.76. The molecule has 1 N–H and O–H groups in total. The Morgan fingerprint density at radius 3 is 1.42 bits per heavy atom. The largest absolute Gasteiger partial charge is 0.452 e. The van der Waals surface area contributed by atoms with E-state index < -0.39 is 48.6 Å². The molecule has 0 radical (unpaired) electrons. The zero-order valence-corrected chi connectivity index (χ0v) is 23.1. The summed E-state index contributed by atoms with van der Waals surface area (Å²) >= 11 is 0. The maximum absolute atomic E-state index is 13.3. The summed E-state index contributed by atoms with van der Waals surface area (Å²) in [5.41, 5.74) is 1.54. The summed E-state index contributed by atoms with van der Waals surface area (Å²) < 4.78 is 29.1. The number of hydrogen-bond donors (Lipinski definition) is 1. The highest BCUT2D eigenvalue weighted by Crippen LogP contribution is 2.30. The monoisotopic (exact) mass is 582 g/mol. The van der Waals surface area contributed by atoms with E-state index in [-0.39, 0.29) is 29.9 Å². The molecule has 1 fully saturated rings. The lowest BCUT2D eigenvalue weighted by molar-refractivity contribution is -0.286. The molecule has 1 heterocycles. The molecule has 1 saturated heterocycles. The fraction of sp³-hybridized carbons (Fsp3) is 0.206. The fourth-order valence-electron chi connectivity index (χ4n) is 4.60. The molecule has 0 spiro atoms. The number of carbonyl (C=O) groups is 3. The molecule has 0 bridgehead atoms. The average Bonchev–Trinajstić information content (AvgIpc) is 3.05. The molecule has 220 valence electrons. The van der Waals surface area contributed by atoms with Crippen LogP contribution in [0.3, 0.4) is 0 Å².